The molecule has 1 atom stereocenters. The molecule has 8 heteroatoms. The number of hydrogen-bond donors (Lipinski definition) is 0. The number of nitrogens with zero attached hydrogens (tertiary/aromatic N) is 2. The number of likely N-dealkylation sites (tertiary alicyclic amines) is 1. The zero-order valence-electron chi connectivity index (χ0n) is 13.1. The van der Waals surface area contributed by atoms with Crippen LogP contribution in [0.4, 0.5) is 0 Å². The highest BCUT2D eigenvalue weighted by Gasteiger charge is 2.34. The summed E-state index contributed by atoms with van der Waals surface area (Å²) in [5, 5.41) is 0. The molecule has 0 aromatic carbocycles. The predicted octanol–water partition coefficient (Wildman–Crippen LogP) is 3.38. The summed E-state index contributed by atoms with van der Waals surface area (Å²) in [5.41, 5.74) is 0. The first-order valence-corrected chi connectivity index (χ1v) is 11.9. The fraction of sp³-hybridized carbons (Fsp3) is 0.733. The van der Waals surface area contributed by atoms with Crippen LogP contribution in [0.1, 0.15) is 25.7 Å². The summed E-state index contributed by atoms with van der Waals surface area (Å²) in [6.07, 6.45) is 4.67. The topological polar surface area (TPSA) is 40.6 Å². The van der Waals surface area contributed by atoms with E-state index >= 15 is 0 Å². The summed E-state index contributed by atoms with van der Waals surface area (Å²) >= 11 is 8.99. The van der Waals surface area contributed by atoms with Crippen LogP contribution in [0.2, 0.25) is 4.34 Å². The Hall–Kier alpha value is 0.210. The number of thiophene rings is 1. The second-order valence-corrected chi connectivity index (χ2v) is 11.1. The number of hydrogen-bond acceptors (Lipinski definition) is 5. The molecule has 1 aromatic heterocycles. The molecular weight excluding hydrogens is 372 g/mol. The van der Waals surface area contributed by atoms with E-state index in [9.17, 15) is 8.42 Å². The Labute approximate surface area is 152 Å². The van der Waals surface area contributed by atoms with E-state index < -0.39 is 10.0 Å². The molecule has 3 heterocycles. The Bertz CT molecular complexity index is 614. The Kier molecular flexibility index (Phi) is 6.31. The van der Waals surface area contributed by atoms with Gasteiger partial charge in [0.05, 0.1) is 4.34 Å². The molecule has 0 saturated carbocycles. The highest BCUT2D eigenvalue weighted by Crippen LogP contribution is 2.31. The van der Waals surface area contributed by atoms with Gasteiger partial charge in [-0.05, 0) is 50.2 Å². The average molecular weight is 395 g/mol. The average Bonchev–Trinajstić information content (AvgIpc) is 2.85. The molecule has 2 fully saturated rings. The van der Waals surface area contributed by atoms with Gasteiger partial charge in [0, 0.05) is 24.9 Å². The van der Waals surface area contributed by atoms with Gasteiger partial charge in [-0.2, -0.15) is 16.1 Å². The fourth-order valence-electron chi connectivity index (χ4n) is 3.26. The maximum Gasteiger partial charge on any atom is 0.252 e. The lowest BCUT2D eigenvalue weighted by Crippen LogP contribution is -2.48. The SMILES string of the molecule is O=S(=O)(c1ccc(Cl)s1)N1CCCSCC1CN1CCCCC1. The predicted molar refractivity (Wildman–Crippen MR) is 99.2 cm³/mol. The zero-order valence-corrected chi connectivity index (χ0v) is 16.3. The molecule has 4 nitrogen and oxygen atoms in total. The second-order valence-electron chi connectivity index (χ2n) is 6.12. The highest BCUT2D eigenvalue weighted by atomic mass is 35.5. The van der Waals surface area contributed by atoms with Crippen LogP contribution in [0.15, 0.2) is 16.3 Å². The van der Waals surface area contributed by atoms with Crippen molar-refractivity contribution in [3.63, 3.8) is 0 Å². The van der Waals surface area contributed by atoms with E-state index in [0.717, 1.165) is 48.9 Å². The molecular formula is C15H23ClN2O2S3. The number of halogens is 1. The minimum atomic E-state index is -3.44. The summed E-state index contributed by atoms with van der Waals surface area (Å²) in [6.45, 7) is 3.66. The molecule has 0 aliphatic carbocycles. The van der Waals surface area contributed by atoms with Crippen molar-refractivity contribution >= 4 is 44.7 Å². The summed E-state index contributed by atoms with van der Waals surface area (Å²) in [5.74, 6) is 1.92. The van der Waals surface area contributed by atoms with Crippen LogP contribution in [-0.4, -0.2) is 61.3 Å². The first-order chi connectivity index (χ1) is 11.1. The molecule has 130 valence electrons. The van der Waals surface area contributed by atoms with Gasteiger partial charge in [-0.1, -0.05) is 18.0 Å². The van der Waals surface area contributed by atoms with Gasteiger partial charge in [0.1, 0.15) is 4.21 Å². The minimum Gasteiger partial charge on any atom is -0.302 e. The van der Waals surface area contributed by atoms with Gasteiger partial charge in [0.25, 0.3) is 10.0 Å². The molecule has 1 unspecified atom stereocenters. The monoisotopic (exact) mass is 394 g/mol. The standard InChI is InChI=1S/C15H23ClN2O2S3/c16-14-5-6-15(22-14)23(19,20)18-9-4-10-21-12-13(18)11-17-7-2-1-3-8-17/h5-6,13H,1-4,7-12H2. The summed E-state index contributed by atoms with van der Waals surface area (Å²) < 4.78 is 28.8. The van der Waals surface area contributed by atoms with E-state index in [-0.39, 0.29) is 6.04 Å². The van der Waals surface area contributed by atoms with Gasteiger partial charge in [0.2, 0.25) is 0 Å². The van der Waals surface area contributed by atoms with Crippen molar-refractivity contribution in [2.75, 3.05) is 37.7 Å². The normalized spacial score (nSPS) is 25.3. The molecule has 1 aromatic rings. The van der Waals surface area contributed by atoms with Crippen molar-refractivity contribution < 1.29 is 8.42 Å². The molecule has 2 saturated heterocycles. The molecule has 0 bridgehead atoms. The molecule has 23 heavy (non-hydrogen) atoms. The van der Waals surface area contributed by atoms with Gasteiger partial charge in [0.15, 0.2) is 0 Å². The smallest absolute Gasteiger partial charge is 0.252 e. The van der Waals surface area contributed by atoms with Crippen LogP contribution in [0.5, 0.6) is 0 Å². The first kappa shape index (κ1) is 18.0. The molecule has 0 spiro atoms. The van der Waals surface area contributed by atoms with Gasteiger partial charge < -0.3 is 4.90 Å². The van der Waals surface area contributed by atoms with Crippen molar-refractivity contribution in [3.05, 3.63) is 16.5 Å². The lowest BCUT2D eigenvalue weighted by atomic mass is 10.1. The summed E-state index contributed by atoms with van der Waals surface area (Å²) in [7, 11) is -3.44. The first-order valence-electron chi connectivity index (χ1n) is 8.14. The number of thioether (sulfide) groups is 1. The van der Waals surface area contributed by atoms with Gasteiger partial charge in [-0.25, -0.2) is 8.42 Å². The van der Waals surface area contributed by atoms with E-state index in [0.29, 0.717) is 15.1 Å². The highest BCUT2D eigenvalue weighted by molar-refractivity contribution is 7.99. The lowest BCUT2D eigenvalue weighted by Gasteiger charge is -2.34. The molecule has 0 radical (unpaired) electrons. The third kappa shape index (κ3) is 4.44. The Morgan fingerprint density at radius 2 is 1.91 bits per heavy atom. The molecule has 2 aliphatic rings. The largest absolute Gasteiger partial charge is 0.302 e. The summed E-state index contributed by atoms with van der Waals surface area (Å²) in [4.78, 5) is 2.43. The van der Waals surface area contributed by atoms with Crippen molar-refractivity contribution in [2.45, 2.75) is 35.9 Å². The molecule has 0 N–H and O–H groups in total. The van der Waals surface area contributed by atoms with Crippen LogP contribution in [-0.2, 0) is 10.0 Å². The maximum absolute atomic E-state index is 13.1. The van der Waals surface area contributed by atoms with Crippen LogP contribution in [0.25, 0.3) is 0 Å². The van der Waals surface area contributed by atoms with Crippen molar-refractivity contribution in [1.82, 2.24) is 9.21 Å². The molecule has 3 rings (SSSR count). The number of sulfonamides is 1. The van der Waals surface area contributed by atoms with E-state index in [2.05, 4.69) is 4.90 Å². The van der Waals surface area contributed by atoms with E-state index in [1.165, 1.54) is 19.3 Å². The van der Waals surface area contributed by atoms with Crippen molar-refractivity contribution in [3.8, 4) is 0 Å². The van der Waals surface area contributed by atoms with Crippen LogP contribution in [0.3, 0.4) is 0 Å². The Balaban J connectivity index is 1.80. The van der Waals surface area contributed by atoms with Gasteiger partial charge in [-0.15, -0.1) is 11.3 Å². The third-order valence-electron chi connectivity index (χ3n) is 4.41. The molecule has 0 amide bonds. The molecule has 2 aliphatic heterocycles. The van der Waals surface area contributed by atoms with Crippen molar-refractivity contribution in [2.24, 2.45) is 0 Å². The quantitative estimate of drug-likeness (QED) is 0.784. The van der Waals surface area contributed by atoms with Crippen LogP contribution in [0, 0.1) is 0 Å². The fourth-order valence-corrected chi connectivity index (χ4v) is 7.68. The lowest BCUT2D eigenvalue weighted by molar-refractivity contribution is 0.183. The maximum atomic E-state index is 13.1. The van der Waals surface area contributed by atoms with Crippen molar-refractivity contribution in [1.29, 1.82) is 0 Å². The summed E-state index contributed by atoms with van der Waals surface area (Å²) in [6, 6.07) is 3.37. The van der Waals surface area contributed by atoms with Gasteiger partial charge >= 0.3 is 0 Å². The van der Waals surface area contributed by atoms with E-state index in [4.69, 9.17) is 11.6 Å². The van der Waals surface area contributed by atoms with E-state index in [1.54, 1.807) is 16.4 Å². The van der Waals surface area contributed by atoms with Crippen LogP contribution >= 0.6 is 34.7 Å². The van der Waals surface area contributed by atoms with Gasteiger partial charge in [-0.3, -0.25) is 0 Å². The van der Waals surface area contributed by atoms with Crippen LogP contribution < -0.4 is 0 Å². The van der Waals surface area contributed by atoms with E-state index in [1.807, 2.05) is 11.8 Å². The number of piperidine rings is 1. The Morgan fingerprint density at radius 3 is 2.61 bits per heavy atom. The zero-order chi connectivity index (χ0) is 16.3. The Morgan fingerprint density at radius 1 is 1.13 bits per heavy atom. The number of rotatable bonds is 4. The third-order valence-corrected chi connectivity index (χ3v) is 9.26. The second kappa shape index (κ2) is 8.06. The minimum absolute atomic E-state index is 0.0616.